The van der Waals surface area contributed by atoms with Crippen molar-refractivity contribution in [2.45, 2.75) is 6.92 Å². The second kappa shape index (κ2) is 5.68. The number of oxazole rings is 1. The van der Waals surface area contributed by atoms with Gasteiger partial charge in [-0.15, -0.1) is 10.2 Å². The lowest BCUT2D eigenvalue weighted by Gasteiger charge is -2.04. The van der Waals surface area contributed by atoms with Gasteiger partial charge in [0.15, 0.2) is 5.58 Å². The van der Waals surface area contributed by atoms with Gasteiger partial charge in [0.2, 0.25) is 5.89 Å². The molecule has 3 aromatic carbocycles. The number of rotatable bonds is 2. The zero-order valence-corrected chi connectivity index (χ0v) is 14.6. The predicted octanol–water partition coefficient (Wildman–Crippen LogP) is 5.19. The monoisotopic (exact) mass is 360 g/mol. The summed E-state index contributed by atoms with van der Waals surface area (Å²) in [5, 5.41) is 10.4. The van der Waals surface area contributed by atoms with E-state index in [1.807, 2.05) is 60.0 Å². The van der Waals surface area contributed by atoms with E-state index in [1.54, 1.807) is 12.7 Å². The molecule has 26 heavy (non-hydrogen) atoms. The highest BCUT2D eigenvalue weighted by Crippen LogP contribution is 2.34. The quantitative estimate of drug-likeness (QED) is 0.434. The first-order valence-electron chi connectivity index (χ1n) is 8.14. The maximum atomic E-state index is 6.33. The van der Waals surface area contributed by atoms with Crippen LogP contribution in [0.4, 0.5) is 0 Å². The standard InChI is InChI=1S/C20H13ClN4O/c1-12-8-13(25-10-22-23-11-25)9-18-19(12)26-20(24-18)16-6-2-5-15-14(16)4-3-7-17(15)21/h2-11H,1H3. The Hall–Kier alpha value is -3.18. The van der Waals surface area contributed by atoms with Crippen LogP contribution >= 0.6 is 11.6 Å². The van der Waals surface area contributed by atoms with E-state index < -0.39 is 0 Å². The van der Waals surface area contributed by atoms with E-state index in [4.69, 9.17) is 21.0 Å². The fourth-order valence-corrected chi connectivity index (χ4v) is 3.48. The molecule has 0 aliphatic rings. The van der Waals surface area contributed by atoms with E-state index in [1.165, 1.54) is 0 Å². The third-order valence-electron chi connectivity index (χ3n) is 4.48. The van der Waals surface area contributed by atoms with Crippen molar-refractivity contribution in [1.82, 2.24) is 19.7 Å². The summed E-state index contributed by atoms with van der Waals surface area (Å²) in [7, 11) is 0. The SMILES string of the molecule is Cc1cc(-n2cnnc2)cc2nc(-c3cccc4c(Cl)cccc34)oc12. The van der Waals surface area contributed by atoms with Gasteiger partial charge in [0.1, 0.15) is 18.2 Å². The molecule has 2 aromatic heterocycles. The molecule has 5 aromatic rings. The predicted molar refractivity (Wildman–Crippen MR) is 102 cm³/mol. The second-order valence-corrected chi connectivity index (χ2v) is 6.55. The fraction of sp³-hybridized carbons (Fsp3) is 0.0500. The molecule has 2 heterocycles. The Morgan fingerprint density at radius 2 is 1.73 bits per heavy atom. The highest BCUT2D eigenvalue weighted by molar-refractivity contribution is 6.35. The first-order chi connectivity index (χ1) is 12.7. The van der Waals surface area contributed by atoms with Gasteiger partial charge in [0.05, 0.1) is 5.69 Å². The minimum atomic E-state index is 0.580. The summed E-state index contributed by atoms with van der Waals surface area (Å²) in [6.07, 6.45) is 3.32. The Kier molecular flexibility index (Phi) is 3.30. The average Bonchev–Trinajstić information content (AvgIpc) is 3.31. The van der Waals surface area contributed by atoms with Crippen molar-refractivity contribution in [3.8, 4) is 17.1 Å². The van der Waals surface area contributed by atoms with Crippen molar-refractivity contribution in [2.75, 3.05) is 0 Å². The smallest absolute Gasteiger partial charge is 0.227 e. The number of hydrogen-bond donors (Lipinski definition) is 0. The molecule has 0 aliphatic carbocycles. The summed E-state index contributed by atoms with van der Waals surface area (Å²) in [4.78, 5) is 4.73. The van der Waals surface area contributed by atoms with Gasteiger partial charge < -0.3 is 4.42 Å². The van der Waals surface area contributed by atoms with E-state index >= 15 is 0 Å². The molecule has 0 spiro atoms. The van der Waals surface area contributed by atoms with Crippen LogP contribution in [-0.4, -0.2) is 19.7 Å². The fourth-order valence-electron chi connectivity index (χ4n) is 3.24. The number of halogens is 1. The van der Waals surface area contributed by atoms with Crippen LogP contribution < -0.4 is 0 Å². The Morgan fingerprint density at radius 1 is 0.962 bits per heavy atom. The maximum absolute atomic E-state index is 6.33. The third-order valence-corrected chi connectivity index (χ3v) is 4.81. The summed E-state index contributed by atoms with van der Waals surface area (Å²) in [6.45, 7) is 2.01. The van der Waals surface area contributed by atoms with Gasteiger partial charge in [-0.3, -0.25) is 4.57 Å². The van der Waals surface area contributed by atoms with E-state index in [0.29, 0.717) is 10.9 Å². The van der Waals surface area contributed by atoms with Gasteiger partial charge in [-0.05, 0) is 42.1 Å². The molecule has 6 heteroatoms. The Bertz CT molecular complexity index is 1260. The lowest BCUT2D eigenvalue weighted by atomic mass is 10.0. The molecule has 0 atom stereocenters. The van der Waals surface area contributed by atoms with Crippen molar-refractivity contribution in [2.24, 2.45) is 0 Å². The number of hydrogen-bond acceptors (Lipinski definition) is 4. The molecule has 5 rings (SSSR count). The van der Waals surface area contributed by atoms with Gasteiger partial charge in [-0.25, -0.2) is 4.98 Å². The molecule has 0 saturated carbocycles. The van der Waals surface area contributed by atoms with Crippen LogP contribution in [0.5, 0.6) is 0 Å². The maximum Gasteiger partial charge on any atom is 0.227 e. The minimum Gasteiger partial charge on any atom is -0.436 e. The molecule has 5 nitrogen and oxygen atoms in total. The molecule has 0 fully saturated rings. The summed E-state index contributed by atoms with van der Waals surface area (Å²) < 4.78 is 7.96. The lowest BCUT2D eigenvalue weighted by Crippen LogP contribution is -1.91. The topological polar surface area (TPSA) is 56.7 Å². The van der Waals surface area contributed by atoms with Crippen LogP contribution in [0.1, 0.15) is 5.56 Å². The number of benzene rings is 3. The van der Waals surface area contributed by atoms with Crippen LogP contribution in [0.2, 0.25) is 5.02 Å². The number of nitrogens with zero attached hydrogens (tertiary/aromatic N) is 4. The Morgan fingerprint density at radius 3 is 2.58 bits per heavy atom. The van der Waals surface area contributed by atoms with Gasteiger partial charge in [0, 0.05) is 16.0 Å². The molecule has 0 N–H and O–H groups in total. The molecule has 0 unspecified atom stereocenters. The number of aromatic nitrogens is 4. The van der Waals surface area contributed by atoms with Crippen LogP contribution in [0.25, 0.3) is 39.0 Å². The molecular formula is C20H13ClN4O. The Labute approximate surface area is 153 Å². The zero-order chi connectivity index (χ0) is 17.7. The summed E-state index contributed by atoms with van der Waals surface area (Å²) >= 11 is 6.33. The van der Waals surface area contributed by atoms with Crippen molar-refractivity contribution in [3.63, 3.8) is 0 Å². The second-order valence-electron chi connectivity index (χ2n) is 6.14. The van der Waals surface area contributed by atoms with Crippen molar-refractivity contribution >= 4 is 33.5 Å². The van der Waals surface area contributed by atoms with E-state index in [-0.39, 0.29) is 0 Å². The van der Waals surface area contributed by atoms with Crippen LogP contribution in [0, 0.1) is 6.92 Å². The van der Waals surface area contributed by atoms with Crippen LogP contribution in [0.15, 0.2) is 65.6 Å². The first-order valence-corrected chi connectivity index (χ1v) is 8.52. The largest absolute Gasteiger partial charge is 0.436 e. The summed E-state index contributed by atoms with van der Waals surface area (Å²) in [5.41, 5.74) is 4.44. The van der Waals surface area contributed by atoms with Gasteiger partial charge in [-0.2, -0.15) is 0 Å². The molecule has 0 saturated heterocycles. The lowest BCUT2D eigenvalue weighted by molar-refractivity contribution is 0.618. The van der Waals surface area contributed by atoms with Gasteiger partial charge in [-0.1, -0.05) is 35.9 Å². The van der Waals surface area contributed by atoms with E-state index in [0.717, 1.165) is 38.7 Å². The van der Waals surface area contributed by atoms with Crippen LogP contribution in [0.3, 0.4) is 0 Å². The molecular weight excluding hydrogens is 348 g/mol. The Balaban J connectivity index is 1.74. The van der Waals surface area contributed by atoms with Gasteiger partial charge >= 0.3 is 0 Å². The third kappa shape index (κ3) is 2.29. The molecule has 0 amide bonds. The molecule has 126 valence electrons. The van der Waals surface area contributed by atoms with Crippen LogP contribution in [-0.2, 0) is 0 Å². The summed E-state index contributed by atoms with van der Waals surface area (Å²) in [6, 6.07) is 15.8. The highest BCUT2D eigenvalue weighted by Gasteiger charge is 2.15. The minimum absolute atomic E-state index is 0.580. The van der Waals surface area contributed by atoms with Crippen molar-refractivity contribution in [1.29, 1.82) is 0 Å². The van der Waals surface area contributed by atoms with Crippen molar-refractivity contribution < 1.29 is 4.42 Å². The average molecular weight is 361 g/mol. The number of aryl methyl sites for hydroxylation is 1. The van der Waals surface area contributed by atoms with E-state index in [9.17, 15) is 0 Å². The van der Waals surface area contributed by atoms with Gasteiger partial charge in [0.25, 0.3) is 0 Å². The molecule has 0 aliphatic heterocycles. The first kappa shape index (κ1) is 15.1. The zero-order valence-electron chi connectivity index (χ0n) is 13.8. The normalized spacial score (nSPS) is 11.5. The summed E-state index contributed by atoms with van der Waals surface area (Å²) in [5.74, 6) is 0.580. The van der Waals surface area contributed by atoms with Crippen molar-refractivity contribution in [3.05, 3.63) is 71.8 Å². The molecule has 0 bridgehead atoms. The highest BCUT2D eigenvalue weighted by atomic mass is 35.5. The number of fused-ring (bicyclic) bond motifs is 2. The van der Waals surface area contributed by atoms with E-state index in [2.05, 4.69) is 10.2 Å². The molecule has 0 radical (unpaired) electrons.